The topological polar surface area (TPSA) is 50.5 Å². The van der Waals surface area contributed by atoms with E-state index in [1.807, 2.05) is 22.3 Å². The number of hydrogen-bond donors (Lipinski definition) is 1. The number of aliphatic hydroxyl groups excluding tert-OH is 1. The summed E-state index contributed by atoms with van der Waals surface area (Å²) in [5, 5.41) is 16.6. The van der Waals surface area contributed by atoms with E-state index in [9.17, 15) is 5.11 Å². The number of ether oxygens (including phenoxy) is 1. The molecular formula is C18H27N3O2S. The second kappa shape index (κ2) is 8.76. The molecule has 6 heteroatoms. The first-order chi connectivity index (χ1) is 11.7. The van der Waals surface area contributed by atoms with Crippen LogP contribution in [0.4, 0.5) is 0 Å². The summed E-state index contributed by atoms with van der Waals surface area (Å²) in [5.41, 5.74) is 1.36. The largest absolute Gasteiger partial charge is 0.389 e. The molecule has 0 amide bonds. The molecule has 0 saturated carbocycles. The van der Waals surface area contributed by atoms with Crippen molar-refractivity contribution in [1.82, 2.24) is 14.7 Å². The monoisotopic (exact) mass is 349 g/mol. The molecule has 0 aliphatic carbocycles. The lowest BCUT2D eigenvalue weighted by atomic mass is 9.91. The van der Waals surface area contributed by atoms with Crippen LogP contribution in [0, 0.1) is 0 Å². The van der Waals surface area contributed by atoms with Crippen molar-refractivity contribution in [2.75, 3.05) is 26.2 Å². The molecule has 1 fully saturated rings. The number of piperidine rings is 1. The van der Waals surface area contributed by atoms with Crippen molar-refractivity contribution < 1.29 is 9.84 Å². The molecule has 1 unspecified atom stereocenters. The molecule has 5 nitrogen and oxygen atoms in total. The average molecular weight is 350 g/mol. The number of aromatic nitrogens is 2. The Hall–Kier alpha value is -1.21. The smallest absolute Gasteiger partial charge is 0.0900 e. The van der Waals surface area contributed by atoms with Crippen molar-refractivity contribution in [2.24, 2.45) is 0 Å². The lowest BCUT2D eigenvalue weighted by molar-refractivity contribution is 0.00695. The van der Waals surface area contributed by atoms with Crippen molar-refractivity contribution in [1.29, 1.82) is 0 Å². The highest BCUT2D eigenvalue weighted by Gasteiger charge is 2.23. The molecular weight excluding hydrogens is 322 g/mol. The first kappa shape index (κ1) is 17.6. The number of likely N-dealkylation sites (tertiary alicyclic amines) is 1. The SMILES string of the molecule is CCn1cc(C2CCN(CC(O)COCc3cccs3)CC2)cn1. The first-order valence-corrected chi connectivity index (χ1v) is 9.65. The van der Waals surface area contributed by atoms with Gasteiger partial charge in [-0.1, -0.05) is 6.07 Å². The Kier molecular flexibility index (Phi) is 6.43. The van der Waals surface area contributed by atoms with Crippen LogP contribution in [-0.2, 0) is 17.9 Å². The molecule has 1 saturated heterocycles. The van der Waals surface area contributed by atoms with Gasteiger partial charge in [0.25, 0.3) is 0 Å². The van der Waals surface area contributed by atoms with E-state index in [1.165, 1.54) is 10.4 Å². The zero-order valence-electron chi connectivity index (χ0n) is 14.3. The van der Waals surface area contributed by atoms with Gasteiger partial charge in [0.05, 0.1) is 25.5 Å². The molecule has 1 aliphatic rings. The molecule has 2 aromatic heterocycles. The van der Waals surface area contributed by atoms with Crippen LogP contribution in [0.1, 0.15) is 36.1 Å². The van der Waals surface area contributed by atoms with E-state index in [0.29, 0.717) is 25.7 Å². The Morgan fingerprint density at radius 2 is 2.25 bits per heavy atom. The van der Waals surface area contributed by atoms with Crippen molar-refractivity contribution in [3.8, 4) is 0 Å². The van der Waals surface area contributed by atoms with Gasteiger partial charge in [-0.2, -0.15) is 5.10 Å². The van der Waals surface area contributed by atoms with E-state index < -0.39 is 6.10 Å². The molecule has 0 bridgehead atoms. The Balaban J connectivity index is 1.35. The van der Waals surface area contributed by atoms with E-state index >= 15 is 0 Å². The zero-order chi connectivity index (χ0) is 16.8. The summed E-state index contributed by atoms with van der Waals surface area (Å²) >= 11 is 1.69. The minimum atomic E-state index is -0.413. The number of β-amino-alcohol motifs (C(OH)–C–C–N with tert-alkyl or cyclic N) is 1. The van der Waals surface area contributed by atoms with Crippen molar-refractivity contribution in [3.05, 3.63) is 40.3 Å². The molecule has 0 radical (unpaired) electrons. The van der Waals surface area contributed by atoms with Gasteiger partial charge in [-0.15, -0.1) is 11.3 Å². The minimum absolute atomic E-state index is 0.404. The third-order valence-electron chi connectivity index (χ3n) is 4.64. The summed E-state index contributed by atoms with van der Waals surface area (Å²) in [4.78, 5) is 3.55. The Bertz CT molecular complexity index is 591. The molecule has 3 rings (SSSR count). The van der Waals surface area contributed by atoms with Crippen LogP contribution >= 0.6 is 11.3 Å². The summed E-state index contributed by atoms with van der Waals surface area (Å²) < 4.78 is 7.61. The van der Waals surface area contributed by atoms with Crippen LogP contribution in [0.15, 0.2) is 29.9 Å². The molecule has 1 N–H and O–H groups in total. The van der Waals surface area contributed by atoms with E-state index in [0.717, 1.165) is 32.5 Å². The zero-order valence-corrected chi connectivity index (χ0v) is 15.1. The molecule has 132 valence electrons. The summed E-state index contributed by atoms with van der Waals surface area (Å²) in [6.07, 6.45) is 6.05. The Labute approximate surface area is 147 Å². The molecule has 24 heavy (non-hydrogen) atoms. The van der Waals surface area contributed by atoms with Gasteiger partial charge in [-0.3, -0.25) is 4.68 Å². The highest BCUT2D eigenvalue weighted by atomic mass is 32.1. The van der Waals surface area contributed by atoms with Gasteiger partial charge in [-0.05, 0) is 55.8 Å². The number of aliphatic hydroxyl groups is 1. The molecule has 1 atom stereocenters. The van der Waals surface area contributed by atoms with Crippen LogP contribution in [-0.4, -0.2) is 52.1 Å². The van der Waals surface area contributed by atoms with E-state index in [4.69, 9.17) is 4.74 Å². The predicted molar refractivity (Wildman–Crippen MR) is 96.3 cm³/mol. The lowest BCUT2D eigenvalue weighted by Gasteiger charge is -2.32. The second-order valence-electron chi connectivity index (χ2n) is 6.45. The predicted octanol–water partition coefficient (Wildman–Crippen LogP) is 2.72. The van der Waals surface area contributed by atoms with Crippen molar-refractivity contribution >= 4 is 11.3 Å². The van der Waals surface area contributed by atoms with Crippen LogP contribution < -0.4 is 0 Å². The Morgan fingerprint density at radius 3 is 2.92 bits per heavy atom. The fourth-order valence-corrected chi connectivity index (χ4v) is 3.89. The quantitative estimate of drug-likeness (QED) is 0.796. The third-order valence-corrected chi connectivity index (χ3v) is 5.49. The maximum atomic E-state index is 10.2. The summed E-state index contributed by atoms with van der Waals surface area (Å²) in [5.74, 6) is 0.605. The Morgan fingerprint density at radius 1 is 1.42 bits per heavy atom. The number of nitrogens with zero attached hydrogens (tertiary/aromatic N) is 3. The number of hydrogen-bond acceptors (Lipinski definition) is 5. The minimum Gasteiger partial charge on any atom is -0.389 e. The van der Waals surface area contributed by atoms with Gasteiger partial charge in [0, 0.05) is 24.2 Å². The van der Waals surface area contributed by atoms with Gasteiger partial charge in [0.2, 0.25) is 0 Å². The number of aryl methyl sites for hydroxylation is 1. The van der Waals surface area contributed by atoms with Gasteiger partial charge in [-0.25, -0.2) is 0 Å². The lowest BCUT2D eigenvalue weighted by Crippen LogP contribution is -2.39. The normalized spacial score (nSPS) is 18.1. The summed E-state index contributed by atoms with van der Waals surface area (Å²) in [6, 6.07) is 4.08. The number of rotatable bonds is 8. The van der Waals surface area contributed by atoms with Gasteiger partial charge < -0.3 is 14.7 Å². The molecule has 1 aliphatic heterocycles. The second-order valence-corrected chi connectivity index (χ2v) is 7.48. The first-order valence-electron chi connectivity index (χ1n) is 8.77. The van der Waals surface area contributed by atoms with E-state index in [-0.39, 0.29) is 0 Å². The van der Waals surface area contributed by atoms with E-state index in [1.54, 1.807) is 11.3 Å². The van der Waals surface area contributed by atoms with Crippen LogP contribution in [0.3, 0.4) is 0 Å². The maximum Gasteiger partial charge on any atom is 0.0900 e. The highest BCUT2D eigenvalue weighted by molar-refractivity contribution is 7.09. The van der Waals surface area contributed by atoms with Gasteiger partial charge in [0.1, 0.15) is 0 Å². The molecule has 2 aromatic rings. The summed E-state index contributed by atoms with van der Waals surface area (Å²) in [6.45, 7) is 6.80. The number of thiophene rings is 1. The summed E-state index contributed by atoms with van der Waals surface area (Å²) in [7, 11) is 0. The van der Waals surface area contributed by atoms with Gasteiger partial charge in [0.15, 0.2) is 0 Å². The fourth-order valence-electron chi connectivity index (χ4n) is 3.25. The van der Waals surface area contributed by atoms with Crippen molar-refractivity contribution in [3.63, 3.8) is 0 Å². The molecule has 0 aromatic carbocycles. The molecule has 0 spiro atoms. The third kappa shape index (κ3) is 4.89. The van der Waals surface area contributed by atoms with Crippen LogP contribution in [0.5, 0.6) is 0 Å². The maximum absolute atomic E-state index is 10.2. The highest BCUT2D eigenvalue weighted by Crippen LogP contribution is 2.27. The fraction of sp³-hybridized carbons (Fsp3) is 0.611. The standard InChI is InChI=1S/C18H27N3O2S/c1-2-21-11-16(10-19-21)15-5-7-20(8-6-15)12-17(22)13-23-14-18-4-3-9-24-18/h3-4,9-11,15,17,22H,2,5-8,12-14H2,1H3. The average Bonchev–Trinajstić information content (AvgIpc) is 3.27. The van der Waals surface area contributed by atoms with E-state index in [2.05, 4.69) is 29.2 Å². The van der Waals surface area contributed by atoms with Gasteiger partial charge >= 0.3 is 0 Å². The van der Waals surface area contributed by atoms with Crippen LogP contribution in [0.25, 0.3) is 0 Å². The van der Waals surface area contributed by atoms with Crippen LogP contribution in [0.2, 0.25) is 0 Å². The van der Waals surface area contributed by atoms with Crippen molar-refractivity contribution in [2.45, 2.75) is 44.9 Å². The molecule has 3 heterocycles.